The molecule has 0 aromatic carbocycles. The third-order valence-corrected chi connectivity index (χ3v) is 2.95. The molecule has 0 radical (unpaired) electrons. The summed E-state index contributed by atoms with van der Waals surface area (Å²) in [5, 5.41) is 8.66. The average molecular weight is 230 g/mol. The van der Waals surface area contributed by atoms with Gasteiger partial charge in [0.15, 0.2) is 0 Å². The van der Waals surface area contributed by atoms with Crippen LogP contribution in [0.4, 0.5) is 5.69 Å². The van der Waals surface area contributed by atoms with E-state index in [1.165, 1.54) is 0 Å². The summed E-state index contributed by atoms with van der Waals surface area (Å²) in [5.41, 5.74) is 1.43. The first-order valence-corrected chi connectivity index (χ1v) is 5.57. The van der Waals surface area contributed by atoms with Crippen LogP contribution >= 0.6 is 0 Å². The second-order valence-electron chi connectivity index (χ2n) is 4.01. The van der Waals surface area contributed by atoms with Crippen LogP contribution in [0.25, 0.3) is 0 Å². The number of aromatic nitrogens is 1. The Morgan fingerprint density at radius 3 is 2.53 bits per heavy atom. The van der Waals surface area contributed by atoms with Gasteiger partial charge in [-0.15, -0.1) is 0 Å². The molecule has 1 aromatic rings. The van der Waals surface area contributed by atoms with E-state index in [0.717, 1.165) is 31.9 Å². The summed E-state index contributed by atoms with van der Waals surface area (Å²) in [7, 11) is 0. The lowest BCUT2D eigenvalue weighted by Crippen LogP contribution is -2.48. The lowest BCUT2D eigenvalue weighted by Gasteiger charge is -2.35. The van der Waals surface area contributed by atoms with Gasteiger partial charge < -0.3 is 9.80 Å². The normalized spacial score (nSPS) is 15.5. The second kappa shape index (κ2) is 4.83. The Kier molecular flexibility index (Phi) is 3.24. The maximum atomic E-state index is 11.2. The number of nitriles is 1. The number of pyridine rings is 1. The first-order valence-electron chi connectivity index (χ1n) is 5.57. The van der Waals surface area contributed by atoms with Crippen LogP contribution in [0.2, 0.25) is 0 Å². The Hall–Kier alpha value is -2.09. The van der Waals surface area contributed by atoms with Gasteiger partial charge in [0.25, 0.3) is 0 Å². The zero-order chi connectivity index (χ0) is 12.3. The molecule has 1 amide bonds. The summed E-state index contributed by atoms with van der Waals surface area (Å²) in [6, 6.07) is 5.61. The largest absolute Gasteiger partial charge is 0.367 e. The number of amides is 1. The van der Waals surface area contributed by atoms with E-state index in [-0.39, 0.29) is 5.91 Å². The van der Waals surface area contributed by atoms with Crippen molar-refractivity contribution in [2.24, 2.45) is 0 Å². The molecular weight excluding hydrogens is 216 g/mol. The van der Waals surface area contributed by atoms with Gasteiger partial charge in [0.05, 0.1) is 11.9 Å². The molecule has 17 heavy (non-hydrogen) atoms. The monoisotopic (exact) mass is 230 g/mol. The van der Waals surface area contributed by atoms with E-state index in [9.17, 15) is 4.79 Å². The number of hydrogen-bond donors (Lipinski definition) is 0. The van der Waals surface area contributed by atoms with Gasteiger partial charge in [0.2, 0.25) is 5.91 Å². The lowest BCUT2D eigenvalue weighted by molar-refractivity contribution is -0.129. The molecule has 5 nitrogen and oxygen atoms in total. The molecule has 1 aromatic heterocycles. The number of piperazine rings is 1. The first-order chi connectivity index (χ1) is 8.20. The topological polar surface area (TPSA) is 60.2 Å². The summed E-state index contributed by atoms with van der Waals surface area (Å²) in [4.78, 5) is 19.2. The Morgan fingerprint density at radius 1 is 1.35 bits per heavy atom. The van der Waals surface area contributed by atoms with Gasteiger partial charge in [-0.1, -0.05) is 0 Å². The first kappa shape index (κ1) is 11.4. The highest BCUT2D eigenvalue weighted by atomic mass is 16.2. The molecule has 0 aliphatic carbocycles. The van der Waals surface area contributed by atoms with Crippen LogP contribution in [-0.4, -0.2) is 42.0 Å². The van der Waals surface area contributed by atoms with Crippen molar-refractivity contribution in [2.75, 3.05) is 31.1 Å². The number of carbonyl (C=O) groups is 1. The van der Waals surface area contributed by atoms with Crippen LogP contribution in [0, 0.1) is 11.3 Å². The van der Waals surface area contributed by atoms with Crippen LogP contribution in [0.3, 0.4) is 0 Å². The van der Waals surface area contributed by atoms with Crippen molar-refractivity contribution in [1.82, 2.24) is 9.88 Å². The van der Waals surface area contributed by atoms with Gasteiger partial charge in [-0.25, -0.2) is 4.98 Å². The third kappa shape index (κ3) is 2.53. The summed E-state index contributed by atoms with van der Waals surface area (Å²) < 4.78 is 0. The van der Waals surface area contributed by atoms with Gasteiger partial charge in [0.1, 0.15) is 11.8 Å². The molecule has 0 saturated carbocycles. The maximum Gasteiger partial charge on any atom is 0.219 e. The van der Waals surface area contributed by atoms with Crippen LogP contribution < -0.4 is 4.90 Å². The molecule has 0 atom stereocenters. The molecule has 2 heterocycles. The molecule has 0 N–H and O–H groups in total. The highest BCUT2D eigenvalue weighted by molar-refractivity contribution is 5.73. The minimum atomic E-state index is 0.127. The van der Waals surface area contributed by atoms with Gasteiger partial charge in [0, 0.05) is 33.1 Å². The van der Waals surface area contributed by atoms with E-state index >= 15 is 0 Å². The molecule has 88 valence electrons. The summed E-state index contributed by atoms with van der Waals surface area (Å²) in [5.74, 6) is 0.127. The van der Waals surface area contributed by atoms with Gasteiger partial charge in [-0.3, -0.25) is 4.79 Å². The predicted molar refractivity (Wildman–Crippen MR) is 63.4 cm³/mol. The zero-order valence-electron chi connectivity index (χ0n) is 9.76. The molecule has 0 unspecified atom stereocenters. The highest BCUT2D eigenvalue weighted by Crippen LogP contribution is 2.15. The molecule has 5 heteroatoms. The molecule has 1 saturated heterocycles. The quantitative estimate of drug-likeness (QED) is 0.709. The Balaban J connectivity index is 2.00. The molecule has 0 spiro atoms. The van der Waals surface area contributed by atoms with Gasteiger partial charge in [-0.2, -0.15) is 5.26 Å². The molecule has 1 fully saturated rings. The summed E-state index contributed by atoms with van der Waals surface area (Å²) >= 11 is 0. The summed E-state index contributed by atoms with van der Waals surface area (Å²) in [6.07, 6.45) is 1.71. The van der Waals surface area contributed by atoms with Crippen LogP contribution in [-0.2, 0) is 4.79 Å². The Labute approximate surface area is 100 Å². The summed E-state index contributed by atoms with van der Waals surface area (Å²) in [6.45, 7) is 4.71. The van der Waals surface area contributed by atoms with Gasteiger partial charge >= 0.3 is 0 Å². The molecule has 2 rings (SSSR count). The minimum Gasteiger partial charge on any atom is -0.367 e. The minimum absolute atomic E-state index is 0.127. The standard InChI is InChI=1S/C12H14N4O/c1-10(17)15-4-6-16(7-5-15)12-3-2-11(8-13)14-9-12/h2-3,9H,4-7H2,1H3. The Morgan fingerprint density at radius 2 is 2.06 bits per heavy atom. The fourth-order valence-corrected chi connectivity index (χ4v) is 1.92. The number of anilines is 1. The Bertz CT molecular complexity index is 441. The maximum absolute atomic E-state index is 11.2. The second-order valence-corrected chi connectivity index (χ2v) is 4.01. The predicted octanol–water partition coefficient (Wildman–Crippen LogP) is 0.622. The van der Waals surface area contributed by atoms with Crippen LogP contribution in [0.1, 0.15) is 12.6 Å². The van der Waals surface area contributed by atoms with Gasteiger partial charge in [-0.05, 0) is 12.1 Å². The van der Waals surface area contributed by atoms with Crippen molar-refractivity contribution in [1.29, 1.82) is 5.26 Å². The number of carbonyl (C=O) groups excluding carboxylic acids is 1. The smallest absolute Gasteiger partial charge is 0.219 e. The SMILES string of the molecule is CC(=O)N1CCN(c2ccc(C#N)nc2)CC1. The van der Waals surface area contributed by atoms with E-state index in [1.807, 2.05) is 17.0 Å². The average Bonchev–Trinajstić information content (AvgIpc) is 2.39. The zero-order valence-corrected chi connectivity index (χ0v) is 9.76. The van der Waals surface area contributed by atoms with Crippen molar-refractivity contribution >= 4 is 11.6 Å². The van der Waals surface area contributed by atoms with E-state index in [4.69, 9.17) is 5.26 Å². The van der Waals surface area contributed by atoms with E-state index in [0.29, 0.717) is 5.69 Å². The molecule has 0 bridgehead atoms. The molecule has 1 aliphatic rings. The molecular formula is C12H14N4O. The van der Waals surface area contributed by atoms with Crippen molar-refractivity contribution in [2.45, 2.75) is 6.92 Å². The number of rotatable bonds is 1. The van der Waals surface area contributed by atoms with E-state index in [2.05, 4.69) is 9.88 Å². The van der Waals surface area contributed by atoms with E-state index in [1.54, 1.807) is 19.2 Å². The van der Waals surface area contributed by atoms with Crippen LogP contribution in [0.5, 0.6) is 0 Å². The fourth-order valence-electron chi connectivity index (χ4n) is 1.92. The fraction of sp³-hybridized carbons (Fsp3) is 0.417. The van der Waals surface area contributed by atoms with Crippen molar-refractivity contribution < 1.29 is 4.79 Å². The third-order valence-electron chi connectivity index (χ3n) is 2.95. The van der Waals surface area contributed by atoms with Crippen molar-refractivity contribution in [3.05, 3.63) is 24.0 Å². The van der Waals surface area contributed by atoms with E-state index < -0.39 is 0 Å². The number of nitrogens with zero attached hydrogens (tertiary/aromatic N) is 4. The van der Waals surface area contributed by atoms with Crippen molar-refractivity contribution in [3.63, 3.8) is 0 Å². The molecule has 1 aliphatic heterocycles. The highest BCUT2D eigenvalue weighted by Gasteiger charge is 2.18. The number of hydrogen-bond acceptors (Lipinski definition) is 4. The lowest BCUT2D eigenvalue weighted by atomic mass is 10.2. The van der Waals surface area contributed by atoms with Crippen LogP contribution in [0.15, 0.2) is 18.3 Å². The van der Waals surface area contributed by atoms with Crippen molar-refractivity contribution in [3.8, 4) is 6.07 Å².